The topological polar surface area (TPSA) is 49.8 Å². The number of ether oxygens (including phenoxy) is 1. The van der Waals surface area contributed by atoms with E-state index >= 15 is 0 Å². The van der Waals surface area contributed by atoms with Gasteiger partial charge in [-0.3, -0.25) is 0 Å². The molecule has 0 spiro atoms. The zero-order chi connectivity index (χ0) is 15.6. The Morgan fingerprint density at radius 1 is 1.14 bits per heavy atom. The number of hydrogen-bond donors (Lipinski definition) is 1. The molecule has 1 amide bonds. The zero-order valence-electron chi connectivity index (χ0n) is 14.0. The number of nitrogens with zero attached hydrogens (tertiary/aromatic N) is 1. The molecule has 2 rings (SSSR count). The summed E-state index contributed by atoms with van der Waals surface area (Å²) in [5.41, 5.74) is -0.451. The van der Waals surface area contributed by atoms with Crippen LogP contribution in [0.2, 0.25) is 0 Å². The minimum absolute atomic E-state index is 0.218. The molecule has 1 saturated heterocycles. The Bertz CT molecular complexity index is 356. The van der Waals surface area contributed by atoms with E-state index in [4.69, 9.17) is 4.74 Å². The first kappa shape index (κ1) is 16.6. The summed E-state index contributed by atoms with van der Waals surface area (Å²) >= 11 is 0. The molecule has 2 fully saturated rings. The maximum Gasteiger partial charge on any atom is 0.410 e. The fourth-order valence-electron chi connectivity index (χ4n) is 3.57. The van der Waals surface area contributed by atoms with Crippen LogP contribution in [-0.4, -0.2) is 40.9 Å². The number of hydrogen-bond acceptors (Lipinski definition) is 3. The molecule has 1 aliphatic carbocycles. The standard InChI is InChI=1S/C17H31NO3/c1-12-5-7-13(8-6-12)15(19)14-9-10-18(11-14)16(20)21-17(2,3)4/h12-15,19H,5-11H2,1-4H3. The van der Waals surface area contributed by atoms with E-state index in [0.717, 1.165) is 25.2 Å². The van der Waals surface area contributed by atoms with Crippen LogP contribution >= 0.6 is 0 Å². The SMILES string of the molecule is CC1CCC(C(O)C2CCN(C(=O)OC(C)(C)C)C2)CC1. The summed E-state index contributed by atoms with van der Waals surface area (Å²) in [4.78, 5) is 13.8. The fraction of sp³-hybridized carbons (Fsp3) is 0.941. The molecule has 0 aromatic rings. The first-order valence-corrected chi connectivity index (χ1v) is 8.42. The maximum atomic E-state index is 12.1. The molecule has 21 heavy (non-hydrogen) atoms. The summed E-state index contributed by atoms with van der Waals surface area (Å²) in [5, 5.41) is 10.6. The van der Waals surface area contributed by atoms with E-state index in [1.54, 1.807) is 4.90 Å². The monoisotopic (exact) mass is 297 g/mol. The number of amides is 1. The highest BCUT2D eigenvalue weighted by molar-refractivity contribution is 5.68. The lowest BCUT2D eigenvalue weighted by Gasteiger charge is -2.32. The molecule has 2 atom stereocenters. The molecule has 4 heteroatoms. The van der Waals surface area contributed by atoms with Gasteiger partial charge in [0.15, 0.2) is 0 Å². The zero-order valence-corrected chi connectivity index (χ0v) is 14.0. The first-order chi connectivity index (χ1) is 9.76. The van der Waals surface area contributed by atoms with Crippen LogP contribution in [0.3, 0.4) is 0 Å². The van der Waals surface area contributed by atoms with Gasteiger partial charge in [0.2, 0.25) is 0 Å². The van der Waals surface area contributed by atoms with Crippen molar-refractivity contribution in [2.24, 2.45) is 17.8 Å². The van der Waals surface area contributed by atoms with Crippen molar-refractivity contribution < 1.29 is 14.6 Å². The lowest BCUT2D eigenvalue weighted by atomic mass is 9.77. The Hall–Kier alpha value is -0.770. The molecule has 0 bridgehead atoms. The van der Waals surface area contributed by atoms with Crippen LogP contribution in [0.25, 0.3) is 0 Å². The van der Waals surface area contributed by atoms with Gasteiger partial charge in [0, 0.05) is 19.0 Å². The molecule has 1 aliphatic heterocycles. The minimum Gasteiger partial charge on any atom is -0.444 e. The van der Waals surface area contributed by atoms with Crippen molar-refractivity contribution in [1.82, 2.24) is 4.90 Å². The summed E-state index contributed by atoms with van der Waals surface area (Å²) in [5.74, 6) is 1.44. The molecule has 2 unspecified atom stereocenters. The van der Waals surface area contributed by atoms with Crippen LogP contribution in [0.5, 0.6) is 0 Å². The molecule has 0 aromatic carbocycles. The molecule has 4 nitrogen and oxygen atoms in total. The Morgan fingerprint density at radius 2 is 1.76 bits per heavy atom. The van der Waals surface area contributed by atoms with E-state index in [2.05, 4.69) is 6.92 Å². The number of aliphatic hydroxyl groups is 1. The Labute approximate surface area is 128 Å². The van der Waals surface area contributed by atoms with Crippen molar-refractivity contribution in [2.45, 2.75) is 71.5 Å². The Kier molecular flexibility index (Phi) is 5.18. The van der Waals surface area contributed by atoms with Gasteiger partial charge in [-0.15, -0.1) is 0 Å². The number of carbonyl (C=O) groups is 1. The average Bonchev–Trinajstić information content (AvgIpc) is 2.86. The predicted octanol–water partition coefficient (Wildman–Crippen LogP) is 3.43. The van der Waals surface area contributed by atoms with Crippen LogP contribution in [-0.2, 0) is 4.74 Å². The van der Waals surface area contributed by atoms with Crippen LogP contribution in [0.4, 0.5) is 4.79 Å². The lowest BCUT2D eigenvalue weighted by Crippen LogP contribution is -2.37. The van der Waals surface area contributed by atoms with Crippen LogP contribution in [0, 0.1) is 17.8 Å². The van der Waals surface area contributed by atoms with Gasteiger partial charge in [-0.2, -0.15) is 0 Å². The third kappa shape index (κ3) is 4.60. The van der Waals surface area contributed by atoms with E-state index in [9.17, 15) is 9.90 Å². The molecule has 0 radical (unpaired) electrons. The number of aliphatic hydroxyl groups excluding tert-OH is 1. The van der Waals surface area contributed by atoms with E-state index in [1.165, 1.54) is 12.8 Å². The quantitative estimate of drug-likeness (QED) is 0.849. The van der Waals surface area contributed by atoms with Crippen LogP contribution in [0.15, 0.2) is 0 Å². The predicted molar refractivity (Wildman–Crippen MR) is 83.0 cm³/mol. The molecule has 2 aliphatic rings. The lowest BCUT2D eigenvalue weighted by molar-refractivity contribution is 0.0173. The summed E-state index contributed by atoms with van der Waals surface area (Å²) in [7, 11) is 0. The van der Waals surface area contributed by atoms with Crippen molar-refractivity contribution in [1.29, 1.82) is 0 Å². The molecule has 1 saturated carbocycles. The van der Waals surface area contributed by atoms with Gasteiger partial charge in [0.1, 0.15) is 5.60 Å². The first-order valence-electron chi connectivity index (χ1n) is 8.42. The van der Waals surface area contributed by atoms with Gasteiger partial charge in [0.05, 0.1) is 6.10 Å². The van der Waals surface area contributed by atoms with E-state index in [-0.39, 0.29) is 18.1 Å². The molecule has 1 N–H and O–H groups in total. The van der Waals surface area contributed by atoms with Gasteiger partial charge in [-0.25, -0.2) is 4.79 Å². The summed E-state index contributed by atoms with van der Waals surface area (Å²) in [6, 6.07) is 0. The van der Waals surface area contributed by atoms with Gasteiger partial charge < -0.3 is 14.7 Å². The normalized spacial score (nSPS) is 32.0. The highest BCUT2D eigenvalue weighted by Gasteiger charge is 2.37. The second-order valence-electron chi connectivity index (χ2n) is 7.99. The van der Waals surface area contributed by atoms with Crippen molar-refractivity contribution in [3.8, 4) is 0 Å². The summed E-state index contributed by atoms with van der Waals surface area (Å²) in [6.07, 6.45) is 5.11. The van der Waals surface area contributed by atoms with E-state index in [0.29, 0.717) is 19.0 Å². The number of likely N-dealkylation sites (tertiary alicyclic amines) is 1. The largest absolute Gasteiger partial charge is 0.444 e. The highest BCUT2D eigenvalue weighted by atomic mass is 16.6. The minimum atomic E-state index is -0.451. The summed E-state index contributed by atoms with van der Waals surface area (Å²) in [6.45, 7) is 9.30. The van der Waals surface area contributed by atoms with Crippen molar-refractivity contribution in [3.05, 3.63) is 0 Å². The molecule has 1 heterocycles. The Morgan fingerprint density at radius 3 is 2.33 bits per heavy atom. The number of carbonyl (C=O) groups excluding carboxylic acids is 1. The van der Waals surface area contributed by atoms with Crippen molar-refractivity contribution in [2.75, 3.05) is 13.1 Å². The van der Waals surface area contributed by atoms with Crippen molar-refractivity contribution >= 4 is 6.09 Å². The van der Waals surface area contributed by atoms with Gasteiger partial charge in [-0.05, 0) is 51.9 Å². The smallest absolute Gasteiger partial charge is 0.410 e. The van der Waals surface area contributed by atoms with Gasteiger partial charge >= 0.3 is 6.09 Å². The second-order valence-corrected chi connectivity index (χ2v) is 7.99. The third-order valence-corrected chi connectivity index (χ3v) is 4.90. The fourth-order valence-corrected chi connectivity index (χ4v) is 3.57. The Balaban J connectivity index is 1.83. The van der Waals surface area contributed by atoms with E-state index in [1.807, 2.05) is 20.8 Å². The van der Waals surface area contributed by atoms with Crippen LogP contribution < -0.4 is 0 Å². The van der Waals surface area contributed by atoms with E-state index < -0.39 is 5.60 Å². The molecule has 0 aromatic heterocycles. The average molecular weight is 297 g/mol. The second kappa shape index (κ2) is 6.55. The molecular weight excluding hydrogens is 266 g/mol. The number of rotatable bonds is 2. The molecule has 122 valence electrons. The van der Waals surface area contributed by atoms with Gasteiger partial charge in [-0.1, -0.05) is 19.8 Å². The summed E-state index contributed by atoms with van der Waals surface area (Å²) < 4.78 is 5.41. The van der Waals surface area contributed by atoms with Crippen molar-refractivity contribution in [3.63, 3.8) is 0 Å². The van der Waals surface area contributed by atoms with Gasteiger partial charge in [0.25, 0.3) is 0 Å². The third-order valence-electron chi connectivity index (χ3n) is 4.90. The maximum absolute atomic E-state index is 12.1. The molecular formula is C17H31NO3. The van der Waals surface area contributed by atoms with Crippen LogP contribution in [0.1, 0.15) is 59.8 Å². The highest BCUT2D eigenvalue weighted by Crippen LogP contribution is 2.35.